The molecule has 0 unspecified atom stereocenters. The molecule has 20 heavy (non-hydrogen) atoms. The molecule has 1 amide bonds. The van der Waals surface area contributed by atoms with Gasteiger partial charge >= 0.3 is 6.09 Å². The summed E-state index contributed by atoms with van der Waals surface area (Å²) in [6.07, 6.45) is 4.80. The van der Waals surface area contributed by atoms with E-state index in [-0.39, 0.29) is 6.09 Å². The van der Waals surface area contributed by atoms with Crippen molar-refractivity contribution >= 4 is 6.09 Å². The van der Waals surface area contributed by atoms with Crippen LogP contribution in [0.15, 0.2) is 0 Å². The SMILES string of the molecule is CN(C)C(=O)OCCN1CCC(C2CCOCC2)CC1. The molecule has 0 saturated carbocycles. The molecule has 0 aromatic carbocycles. The molecule has 2 rings (SSSR count). The van der Waals surface area contributed by atoms with Crippen LogP contribution in [0.5, 0.6) is 0 Å². The van der Waals surface area contributed by atoms with Crippen LogP contribution in [-0.4, -0.2) is 69.4 Å². The molecule has 0 aromatic heterocycles. The van der Waals surface area contributed by atoms with Crippen LogP contribution in [0, 0.1) is 11.8 Å². The fourth-order valence-corrected chi connectivity index (χ4v) is 3.23. The van der Waals surface area contributed by atoms with Gasteiger partial charge < -0.3 is 14.4 Å². The van der Waals surface area contributed by atoms with E-state index >= 15 is 0 Å². The molecule has 0 aliphatic carbocycles. The maximum absolute atomic E-state index is 11.3. The van der Waals surface area contributed by atoms with Crippen LogP contribution >= 0.6 is 0 Å². The molecule has 0 N–H and O–H groups in total. The smallest absolute Gasteiger partial charge is 0.409 e. The molecule has 5 nitrogen and oxygen atoms in total. The highest BCUT2D eigenvalue weighted by Crippen LogP contribution is 2.31. The molecule has 0 spiro atoms. The molecule has 0 bridgehead atoms. The van der Waals surface area contributed by atoms with Gasteiger partial charge in [-0.3, -0.25) is 4.90 Å². The van der Waals surface area contributed by atoms with E-state index in [0.717, 1.165) is 44.7 Å². The van der Waals surface area contributed by atoms with Crippen molar-refractivity contribution in [2.24, 2.45) is 11.8 Å². The fraction of sp³-hybridized carbons (Fsp3) is 0.933. The van der Waals surface area contributed by atoms with Crippen LogP contribution in [0.1, 0.15) is 25.7 Å². The number of carbonyl (C=O) groups excluding carboxylic acids is 1. The van der Waals surface area contributed by atoms with Gasteiger partial charge in [0.1, 0.15) is 6.61 Å². The molecule has 2 heterocycles. The van der Waals surface area contributed by atoms with Crippen LogP contribution in [0.25, 0.3) is 0 Å². The zero-order valence-corrected chi connectivity index (χ0v) is 12.8. The first kappa shape index (κ1) is 15.6. The van der Waals surface area contributed by atoms with Gasteiger partial charge in [0.25, 0.3) is 0 Å². The zero-order valence-electron chi connectivity index (χ0n) is 12.8. The summed E-state index contributed by atoms with van der Waals surface area (Å²) < 4.78 is 10.6. The van der Waals surface area contributed by atoms with Crippen molar-refractivity contribution in [2.75, 3.05) is 53.6 Å². The van der Waals surface area contributed by atoms with E-state index in [9.17, 15) is 4.79 Å². The first-order valence-electron chi connectivity index (χ1n) is 7.81. The van der Waals surface area contributed by atoms with Crippen LogP contribution in [0.3, 0.4) is 0 Å². The van der Waals surface area contributed by atoms with Crippen LogP contribution in [-0.2, 0) is 9.47 Å². The van der Waals surface area contributed by atoms with Gasteiger partial charge in [-0.05, 0) is 50.6 Å². The van der Waals surface area contributed by atoms with Gasteiger partial charge in [-0.1, -0.05) is 0 Å². The van der Waals surface area contributed by atoms with E-state index in [1.807, 2.05) is 0 Å². The molecular weight excluding hydrogens is 256 g/mol. The summed E-state index contributed by atoms with van der Waals surface area (Å²) in [6.45, 7) is 5.54. The molecule has 0 aromatic rings. The largest absolute Gasteiger partial charge is 0.448 e. The maximum atomic E-state index is 11.3. The van der Waals surface area contributed by atoms with Crippen molar-refractivity contribution in [3.8, 4) is 0 Å². The quantitative estimate of drug-likeness (QED) is 0.790. The molecule has 5 heteroatoms. The van der Waals surface area contributed by atoms with Gasteiger partial charge in [-0.25, -0.2) is 4.79 Å². The highest BCUT2D eigenvalue weighted by Gasteiger charge is 2.27. The van der Waals surface area contributed by atoms with Gasteiger partial charge in [0.2, 0.25) is 0 Å². The second kappa shape index (κ2) is 7.84. The molecular formula is C15H28N2O3. The number of nitrogens with zero attached hydrogens (tertiary/aromatic N) is 2. The topological polar surface area (TPSA) is 42.0 Å². The predicted octanol–water partition coefficient (Wildman–Crippen LogP) is 1.82. The Hall–Kier alpha value is -0.810. The Balaban J connectivity index is 1.60. The summed E-state index contributed by atoms with van der Waals surface area (Å²) in [5.41, 5.74) is 0. The summed E-state index contributed by atoms with van der Waals surface area (Å²) in [6, 6.07) is 0. The molecule has 0 atom stereocenters. The van der Waals surface area contributed by atoms with Crippen LogP contribution < -0.4 is 0 Å². The number of amides is 1. The van der Waals surface area contributed by atoms with Crippen LogP contribution in [0.4, 0.5) is 4.79 Å². The van der Waals surface area contributed by atoms with Crippen molar-refractivity contribution in [1.29, 1.82) is 0 Å². The second-order valence-corrected chi connectivity index (χ2v) is 6.14. The monoisotopic (exact) mass is 284 g/mol. The Morgan fingerprint density at radius 1 is 1.15 bits per heavy atom. The normalized spacial score (nSPS) is 22.7. The van der Waals surface area contributed by atoms with Crippen molar-refractivity contribution < 1.29 is 14.3 Å². The van der Waals surface area contributed by atoms with Gasteiger partial charge in [-0.2, -0.15) is 0 Å². The maximum Gasteiger partial charge on any atom is 0.409 e. The first-order chi connectivity index (χ1) is 9.66. The highest BCUT2D eigenvalue weighted by molar-refractivity contribution is 5.66. The number of likely N-dealkylation sites (tertiary alicyclic amines) is 1. The van der Waals surface area contributed by atoms with Crippen molar-refractivity contribution in [3.63, 3.8) is 0 Å². The average molecular weight is 284 g/mol. The zero-order chi connectivity index (χ0) is 14.4. The van der Waals surface area contributed by atoms with Crippen molar-refractivity contribution in [3.05, 3.63) is 0 Å². The minimum absolute atomic E-state index is 0.248. The average Bonchev–Trinajstić information content (AvgIpc) is 2.48. The molecule has 2 saturated heterocycles. The fourth-order valence-electron chi connectivity index (χ4n) is 3.23. The lowest BCUT2D eigenvalue weighted by atomic mass is 9.80. The number of carbonyl (C=O) groups is 1. The number of hydrogen-bond donors (Lipinski definition) is 0. The Labute approximate surface area is 122 Å². The number of rotatable bonds is 4. The number of piperidine rings is 1. The number of ether oxygens (including phenoxy) is 2. The van der Waals surface area contributed by atoms with Gasteiger partial charge in [-0.15, -0.1) is 0 Å². The molecule has 116 valence electrons. The molecule has 0 radical (unpaired) electrons. The van der Waals surface area contributed by atoms with Gasteiger partial charge in [0, 0.05) is 33.9 Å². The molecule has 2 aliphatic rings. The van der Waals surface area contributed by atoms with Crippen molar-refractivity contribution in [2.45, 2.75) is 25.7 Å². The molecule has 2 fully saturated rings. The number of hydrogen-bond acceptors (Lipinski definition) is 4. The Bertz CT molecular complexity index is 295. The Morgan fingerprint density at radius 2 is 1.75 bits per heavy atom. The summed E-state index contributed by atoms with van der Waals surface area (Å²) in [4.78, 5) is 15.2. The van der Waals surface area contributed by atoms with E-state index in [1.54, 1.807) is 14.1 Å². The third kappa shape index (κ3) is 4.63. The van der Waals surface area contributed by atoms with Gasteiger partial charge in [0.05, 0.1) is 0 Å². The summed E-state index contributed by atoms with van der Waals surface area (Å²) >= 11 is 0. The second-order valence-electron chi connectivity index (χ2n) is 6.14. The van der Waals surface area contributed by atoms with E-state index in [2.05, 4.69) is 4.90 Å². The standard InChI is InChI=1S/C15H28N2O3/c1-16(2)15(18)20-12-9-17-7-3-13(4-8-17)14-5-10-19-11-6-14/h13-14H,3-12H2,1-2H3. The lowest BCUT2D eigenvalue weighted by Crippen LogP contribution is -2.39. The lowest BCUT2D eigenvalue weighted by Gasteiger charge is -2.37. The predicted molar refractivity (Wildman–Crippen MR) is 77.7 cm³/mol. The van der Waals surface area contributed by atoms with Crippen LogP contribution in [0.2, 0.25) is 0 Å². The summed E-state index contributed by atoms with van der Waals surface area (Å²) in [5, 5.41) is 0. The minimum atomic E-state index is -0.248. The van der Waals surface area contributed by atoms with Gasteiger partial charge in [0.15, 0.2) is 0 Å². The third-order valence-corrected chi connectivity index (χ3v) is 4.56. The lowest BCUT2D eigenvalue weighted by molar-refractivity contribution is 0.0275. The van der Waals surface area contributed by atoms with Crippen molar-refractivity contribution in [1.82, 2.24) is 9.80 Å². The Morgan fingerprint density at radius 3 is 2.35 bits per heavy atom. The Kier molecular flexibility index (Phi) is 6.10. The summed E-state index contributed by atoms with van der Waals surface area (Å²) in [7, 11) is 3.42. The first-order valence-corrected chi connectivity index (χ1v) is 7.81. The van der Waals surface area contributed by atoms with E-state index in [0.29, 0.717) is 6.61 Å². The van der Waals surface area contributed by atoms with E-state index < -0.39 is 0 Å². The minimum Gasteiger partial charge on any atom is -0.448 e. The summed E-state index contributed by atoms with van der Waals surface area (Å²) in [5.74, 6) is 1.75. The molecule has 2 aliphatic heterocycles. The third-order valence-electron chi connectivity index (χ3n) is 4.56. The van der Waals surface area contributed by atoms with E-state index in [4.69, 9.17) is 9.47 Å². The highest BCUT2D eigenvalue weighted by atomic mass is 16.6. The van der Waals surface area contributed by atoms with E-state index in [1.165, 1.54) is 30.6 Å².